The Balaban J connectivity index is 1.32. The van der Waals surface area contributed by atoms with Gasteiger partial charge in [0.1, 0.15) is 12.7 Å². The zero-order valence-electron chi connectivity index (χ0n) is 25.8. The van der Waals surface area contributed by atoms with Gasteiger partial charge in [-0.05, 0) is 91.3 Å². The van der Waals surface area contributed by atoms with Crippen LogP contribution in [0.5, 0.6) is 0 Å². The summed E-state index contributed by atoms with van der Waals surface area (Å²) in [4.78, 5) is 24.3. The molecule has 4 aliphatic rings. The van der Waals surface area contributed by atoms with Gasteiger partial charge in [-0.15, -0.1) is 0 Å². The van der Waals surface area contributed by atoms with Gasteiger partial charge in [0.05, 0.1) is 19.4 Å². The molecule has 0 aromatic heterocycles. The van der Waals surface area contributed by atoms with Crippen LogP contribution in [0.1, 0.15) is 118 Å². The first-order valence-electron chi connectivity index (χ1n) is 16.1. The van der Waals surface area contributed by atoms with Crippen LogP contribution in [0.2, 0.25) is 0 Å². The third-order valence-corrected chi connectivity index (χ3v) is 11.6. The smallest absolute Gasteiger partial charge is 0.306 e. The van der Waals surface area contributed by atoms with E-state index in [4.69, 9.17) is 14.2 Å². The molecule has 8 atom stereocenters. The molecule has 3 saturated carbocycles. The summed E-state index contributed by atoms with van der Waals surface area (Å²) < 4.78 is 15.8. The van der Waals surface area contributed by atoms with Crippen molar-refractivity contribution in [1.29, 1.82) is 0 Å². The van der Waals surface area contributed by atoms with Crippen molar-refractivity contribution < 1.29 is 23.8 Å². The Bertz CT molecular complexity index is 879. The fourth-order valence-electron chi connectivity index (χ4n) is 9.51. The summed E-state index contributed by atoms with van der Waals surface area (Å²) in [6.07, 6.45) is 16.5. The SMILES string of the molecule is COCCOC(=O)CCC(=O)O[C@H]1CC[C@@]2(C)C(=CCC3[C@@H]4CC[C@H]([C@H](C)CCCC(C)C)[C@@]4(C)CC[C@@H]32)C1. The molecule has 39 heavy (non-hydrogen) atoms. The maximum atomic E-state index is 12.5. The van der Waals surface area contributed by atoms with Gasteiger partial charge in [0.25, 0.3) is 0 Å². The van der Waals surface area contributed by atoms with Crippen LogP contribution in [-0.4, -0.2) is 38.4 Å². The van der Waals surface area contributed by atoms with Gasteiger partial charge < -0.3 is 14.2 Å². The van der Waals surface area contributed by atoms with E-state index in [1.54, 1.807) is 7.11 Å². The molecule has 0 aromatic rings. The number of rotatable bonds is 12. The van der Waals surface area contributed by atoms with E-state index in [9.17, 15) is 9.59 Å². The lowest BCUT2D eigenvalue weighted by Gasteiger charge is -2.58. The maximum Gasteiger partial charge on any atom is 0.306 e. The van der Waals surface area contributed by atoms with Gasteiger partial charge in [-0.3, -0.25) is 9.59 Å². The van der Waals surface area contributed by atoms with E-state index < -0.39 is 0 Å². The minimum absolute atomic E-state index is 0.0608. The highest BCUT2D eigenvalue weighted by atomic mass is 16.6. The standard InChI is InChI=1S/C34H56O5/c1-23(2)8-7-9-24(3)28-12-13-29-27-11-10-25-22-26(39-32(36)15-14-31(35)38-21-20-37-6)16-18-33(25,4)30(27)17-19-34(28,29)5/h10,23-24,26-30H,7-9,11-22H2,1-6H3/t24-,26+,27?,28-,29+,30+,33+,34-/m1/s1. The predicted octanol–water partition coefficient (Wildman–Crippen LogP) is 7.91. The molecule has 0 amide bonds. The highest BCUT2D eigenvalue weighted by Gasteiger charge is 2.59. The summed E-state index contributed by atoms with van der Waals surface area (Å²) in [5.41, 5.74) is 2.29. The number of hydrogen-bond donors (Lipinski definition) is 0. The zero-order valence-corrected chi connectivity index (χ0v) is 25.8. The minimum Gasteiger partial charge on any atom is -0.463 e. The summed E-state index contributed by atoms with van der Waals surface area (Å²) in [5.74, 6) is 4.34. The third kappa shape index (κ3) is 6.76. The van der Waals surface area contributed by atoms with E-state index in [-0.39, 0.29) is 42.9 Å². The van der Waals surface area contributed by atoms with Crippen LogP contribution in [0, 0.1) is 46.3 Å². The molecule has 0 heterocycles. The summed E-state index contributed by atoms with van der Waals surface area (Å²) in [7, 11) is 1.56. The fourth-order valence-corrected chi connectivity index (χ4v) is 9.51. The van der Waals surface area contributed by atoms with Crippen LogP contribution >= 0.6 is 0 Å². The van der Waals surface area contributed by atoms with E-state index in [0.29, 0.717) is 12.0 Å². The average Bonchev–Trinajstić information content (AvgIpc) is 3.25. The Kier molecular flexibility index (Phi) is 10.3. The molecule has 4 aliphatic carbocycles. The first-order chi connectivity index (χ1) is 18.6. The van der Waals surface area contributed by atoms with E-state index in [1.165, 1.54) is 56.9 Å². The molecule has 0 aliphatic heterocycles. The highest BCUT2D eigenvalue weighted by Crippen LogP contribution is 2.67. The number of methoxy groups -OCH3 is 1. The van der Waals surface area contributed by atoms with Crippen molar-refractivity contribution in [3.63, 3.8) is 0 Å². The number of hydrogen-bond acceptors (Lipinski definition) is 5. The molecule has 4 rings (SSSR count). The lowest BCUT2D eigenvalue weighted by atomic mass is 9.47. The molecule has 3 fully saturated rings. The molecule has 1 unspecified atom stereocenters. The maximum absolute atomic E-state index is 12.5. The Morgan fingerprint density at radius 2 is 1.72 bits per heavy atom. The molecular formula is C34H56O5. The molecular weight excluding hydrogens is 488 g/mol. The van der Waals surface area contributed by atoms with Gasteiger partial charge in [-0.2, -0.15) is 0 Å². The number of ether oxygens (including phenoxy) is 3. The van der Waals surface area contributed by atoms with Crippen molar-refractivity contribution >= 4 is 11.9 Å². The van der Waals surface area contributed by atoms with E-state index in [0.717, 1.165) is 54.8 Å². The molecule has 222 valence electrons. The lowest BCUT2D eigenvalue weighted by molar-refractivity contribution is -0.155. The molecule has 5 nitrogen and oxygen atoms in total. The van der Waals surface area contributed by atoms with E-state index in [2.05, 4.69) is 40.7 Å². The minimum atomic E-state index is -0.371. The summed E-state index contributed by atoms with van der Waals surface area (Å²) >= 11 is 0. The Morgan fingerprint density at radius 1 is 0.949 bits per heavy atom. The van der Waals surface area contributed by atoms with Crippen molar-refractivity contribution in [2.45, 2.75) is 124 Å². The Hall–Kier alpha value is -1.36. The molecule has 0 aromatic carbocycles. The van der Waals surface area contributed by atoms with Crippen molar-refractivity contribution in [1.82, 2.24) is 0 Å². The monoisotopic (exact) mass is 544 g/mol. The second-order valence-corrected chi connectivity index (χ2v) is 14.4. The van der Waals surface area contributed by atoms with E-state index >= 15 is 0 Å². The summed E-state index contributed by atoms with van der Waals surface area (Å²) in [6, 6.07) is 0. The molecule has 5 heteroatoms. The Labute approximate surface area is 238 Å². The molecule has 0 radical (unpaired) electrons. The molecule has 0 N–H and O–H groups in total. The van der Waals surface area contributed by atoms with Gasteiger partial charge in [0, 0.05) is 13.5 Å². The largest absolute Gasteiger partial charge is 0.463 e. The van der Waals surface area contributed by atoms with Crippen molar-refractivity contribution in [3.05, 3.63) is 11.6 Å². The van der Waals surface area contributed by atoms with Crippen molar-refractivity contribution in [3.8, 4) is 0 Å². The topological polar surface area (TPSA) is 61.8 Å². The molecule has 0 saturated heterocycles. The first-order valence-corrected chi connectivity index (χ1v) is 16.1. The number of fused-ring (bicyclic) bond motifs is 5. The molecule has 0 spiro atoms. The van der Waals surface area contributed by atoms with Gasteiger partial charge in [-0.25, -0.2) is 0 Å². The first kappa shape index (κ1) is 30.6. The summed E-state index contributed by atoms with van der Waals surface area (Å²) in [6.45, 7) is 13.0. The van der Waals surface area contributed by atoms with Gasteiger partial charge in [0.15, 0.2) is 0 Å². The van der Waals surface area contributed by atoms with Gasteiger partial charge in [-0.1, -0.05) is 65.5 Å². The normalized spacial score (nSPS) is 36.4. The van der Waals surface area contributed by atoms with Crippen LogP contribution in [-0.2, 0) is 23.8 Å². The average molecular weight is 545 g/mol. The number of esters is 2. The van der Waals surface area contributed by atoms with Crippen molar-refractivity contribution in [2.75, 3.05) is 20.3 Å². The number of allylic oxidation sites excluding steroid dienone is 1. The Morgan fingerprint density at radius 3 is 2.46 bits per heavy atom. The lowest BCUT2D eigenvalue weighted by Crippen LogP contribution is -2.51. The second-order valence-electron chi connectivity index (χ2n) is 14.4. The van der Waals surface area contributed by atoms with Gasteiger partial charge in [0.2, 0.25) is 0 Å². The number of carbonyl (C=O) groups is 2. The molecule has 0 bridgehead atoms. The second kappa shape index (κ2) is 13.1. The van der Waals surface area contributed by atoms with Crippen LogP contribution in [0.3, 0.4) is 0 Å². The predicted molar refractivity (Wildman–Crippen MR) is 155 cm³/mol. The van der Waals surface area contributed by atoms with Crippen LogP contribution in [0.4, 0.5) is 0 Å². The summed E-state index contributed by atoms with van der Waals surface area (Å²) in [5, 5.41) is 0. The van der Waals surface area contributed by atoms with Gasteiger partial charge >= 0.3 is 11.9 Å². The van der Waals surface area contributed by atoms with Crippen LogP contribution in [0.15, 0.2) is 11.6 Å². The fraction of sp³-hybridized carbons (Fsp3) is 0.882. The van der Waals surface area contributed by atoms with Crippen LogP contribution < -0.4 is 0 Å². The van der Waals surface area contributed by atoms with E-state index in [1.807, 2.05) is 0 Å². The van der Waals surface area contributed by atoms with Crippen molar-refractivity contribution in [2.24, 2.45) is 46.3 Å². The zero-order chi connectivity index (χ0) is 28.2. The third-order valence-electron chi connectivity index (χ3n) is 11.6. The highest BCUT2D eigenvalue weighted by molar-refractivity contribution is 5.77. The quantitative estimate of drug-likeness (QED) is 0.142. The van der Waals surface area contributed by atoms with Crippen LogP contribution in [0.25, 0.3) is 0 Å². The number of carbonyl (C=O) groups excluding carboxylic acids is 2.